The predicted octanol–water partition coefficient (Wildman–Crippen LogP) is 1.79. The second kappa shape index (κ2) is 8.14. The second-order valence-electron chi connectivity index (χ2n) is 5.68. The smallest absolute Gasteiger partial charge is 0.319 e. The molecule has 1 aromatic carbocycles. The first-order chi connectivity index (χ1) is 11.9. The van der Waals surface area contributed by atoms with E-state index in [0.29, 0.717) is 5.69 Å². The Morgan fingerprint density at radius 3 is 2.44 bits per heavy atom. The van der Waals surface area contributed by atoms with Crippen LogP contribution in [0, 0.1) is 6.92 Å². The molecule has 1 heterocycles. The maximum atomic E-state index is 12.5. The fourth-order valence-electron chi connectivity index (χ4n) is 2.40. The number of nitrogens with zero attached hydrogens (tertiary/aromatic N) is 1. The van der Waals surface area contributed by atoms with Gasteiger partial charge < -0.3 is 20.5 Å². The lowest BCUT2D eigenvalue weighted by Gasteiger charge is -2.16. The van der Waals surface area contributed by atoms with Gasteiger partial charge in [-0.1, -0.05) is 30.3 Å². The number of amides is 3. The molecule has 7 heteroatoms. The predicted molar refractivity (Wildman–Crippen MR) is 96.5 cm³/mol. The van der Waals surface area contributed by atoms with Gasteiger partial charge in [-0.15, -0.1) is 0 Å². The lowest BCUT2D eigenvalue weighted by Crippen LogP contribution is -2.36. The summed E-state index contributed by atoms with van der Waals surface area (Å²) in [6.07, 6.45) is 0. The highest BCUT2D eigenvalue weighted by Gasteiger charge is 2.14. The number of nitrogens with one attached hydrogen (secondary N) is 3. The van der Waals surface area contributed by atoms with Crippen molar-refractivity contribution in [1.82, 2.24) is 15.2 Å². The lowest BCUT2D eigenvalue weighted by atomic mass is 10.1. The molecule has 0 radical (unpaired) electrons. The lowest BCUT2D eigenvalue weighted by molar-refractivity contribution is -0.122. The number of hydrogen-bond acceptors (Lipinski definition) is 3. The third kappa shape index (κ3) is 4.69. The van der Waals surface area contributed by atoms with Crippen LogP contribution in [0.15, 0.2) is 47.3 Å². The normalized spacial score (nSPS) is 11.5. The topological polar surface area (TPSA) is 92.2 Å². The number of anilines is 1. The van der Waals surface area contributed by atoms with E-state index in [1.54, 1.807) is 13.0 Å². The summed E-state index contributed by atoms with van der Waals surface area (Å²) in [5, 5.41) is 7.71. The van der Waals surface area contributed by atoms with E-state index in [2.05, 4.69) is 16.0 Å². The van der Waals surface area contributed by atoms with Crippen molar-refractivity contribution in [1.29, 1.82) is 0 Å². The summed E-state index contributed by atoms with van der Waals surface area (Å²) in [5.74, 6) is -0.279. The highest BCUT2D eigenvalue weighted by Crippen LogP contribution is 2.11. The van der Waals surface area contributed by atoms with Crippen LogP contribution in [0.1, 0.15) is 24.2 Å². The Kier molecular flexibility index (Phi) is 5.94. The minimum atomic E-state index is -0.491. The van der Waals surface area contributed by atoms with E-state index >= 15 is 0 Å². The van der Waals surface area contributed by atoms with Crippen LogP contribution in [0.4, 0.5) is 10.5 Å². The Morgan fingerprint density at radius 2 is 1.80 bits per heavy atom. The van der Waals surface area contributed by atoms with Gasteiger partial charge in [-0.3, -0.25) is 9.59 Å². The summed E-state index contributed by atoms with van der Waals surface area (Å²) in [5.41, 5.74) is 1.31. The Balaban J connectivity index is 2.13. The molecular formula is C18H22N4O3. The van der Waals surface area contributed by atoms with E-state index in [0.717, 1.165) is 5.56 Å². The summed E-state index contributed by atoms with van der Waals surface area (Å²) in [6.45, 7) is 3.50. The molecule has 1 atom stereocenters. The molecule has 0 spiro atoms. The maximum absolute atomic E-state index is 12.5. The van der Waals surface area contributed by atoms with Crippen molar-refractivity contribution in [2.75, 3.05) is 12.4 Å². The SMILES string of the molecule is CNC(=O)Nc1ccc(C)n(CC(=O)NC(C)c2ccccc2)c1=O. The number of pyridine rings is 1. The molecule has 132 valence electrons. The first kappa shape index (κ1) is 18.3. The molecule has 2 aromatic rings. The summed E-state index contributed by atoms with van der Waals surface area (Å²) in [6, 6.07) is 12.1. The molecule has 0 saturated carbocycles. The summed E-state index contributed by atoms with van der Waals surface area (Å²) < 4.78 is 1.33. The van der Waals surface area contributed by atoms with Crippen LogP contribution in [-0.2, 0) is 11.3 Å². The van der Waals surface area contributed by atoms with Gasteiger partial charge in [0.2, 0.25) is 5.91 Å². The van der Waals surface area contributed by atoms with E-state index in [4.69, 9.17) is 0 Å². The van der Waals surface area contributed by atoms with Crippen LogP contribution in [0.5, 0.6) is 0 Å². The van der Waals surface area contributed by atoms with Crippen molar-refractivity contribution in [3.8, 4) is 0 Å². The van der Waals surface area contributed by atoms with Gasteiger partial charge in [-0.2, -0.15) is 0 Å². The quantitative estimate of drug-likeness (QED) is 0.773. The average molecular weight is 342 g/mol. The molecule has 0 bridgehead atoms. The monoisotopic (exact) mass is 342 g/mol. The average Bonchev–Trinajstić information content (AvgIpc) is 2.61. The van der Waals surface area contributed by atoms with Gasteiger partial charge in [0.25, 0.3) is 5.56 Å². The Bertz CT molecular complexity index is 815. The van der Waals surface area contributed by atoms with E-state index in [1.165, 1.54) is 17.7 Å². The van der Waals surface area contributed by atoms with Crippen LogP contribution >= 0.6 is 0 Å². The highest BCUT2D eigenvalue weighted by atomic mass is 16.2. The number of carbonyl (C=O) groups excluding carboxylic acids is 2. The van der Waals surface area contributed by atoms with Crippen molar-refractivity contribution in [3.63, 3.8) is 0 Å². The number of carbonyl (C=O) groups is 2. The van der Waals surface area contributed by atoms with Crippen LogP contribution < -0.4 is 21.5 Å². The number of aryl methyl sites for hydroxylation is 1. The van der Waals surface area contributed by atoms with Crippen LogP contribution in [0.2, 0.25) is 0 Å². The fraction of sp³-hybridized carbons (Fsp3) is 0.278. The Labute approximate surface area is 146 Å². The standard InChI is InChI=1S/C18H22N4O3/c1-12-9-10-15(21-18(25)19-3)17(24)22(12)11-16(23)20-13(2)14-7-5-4-6-8-14/h4-10,13H,11H2,1-3H3,(H,20,23)(H2,19,21,25). The van der Waals surface area contributed by atoms with Crippen LogP contribution in [0.3, 0.4) is 0 Å². The van der Waals surface area contributed by atoms with Gasteiger partial charge in [0.15, 0.2) is 0 Å². The Morgan fingerprint density at radius 1 is 1.12 bits per heavy atom. The summed E-state index contributed by atoms with van der Waals surface area (Å²) in [4.78, 5) is 36.2. The van der Waals surface area contributed by atoms with Gasteiger partial charge >= 0.3 is 6.03 Å². The molecule has 0 fully saturated rings. The first-order valence-electron chi connectivity index (χ1n) is 7.96. The number of aromatic nitrogens is 1. The zero-order valence-corrected chi connectivity index (χ0v) is 14.5. The molecule has 1 aromatic heterocycles. The summed E-state index contributed by atoms with van der Waals surface area (Å²) in [7, 11) is 1.46. The number of hydrogen-bond donors (Lipinski definition) is 3. The number of benzene rings is 1. The Hall–Kier alpha value is -3.09. The summed E-state index contributed by atoms with van der Waals surface area (Å²) >= 11 is 0. The van der Waals surface area contributed by atoms with Crippen molar-refractivity contribution < 1.29 is 9.59 Å². The maximum Gasteiger partial charge on any atom is 0.319 e. The van der Waals surface area contributed by atoms with Crippen molar-refractivity contribution >= 4 is 17.6 Å². The molecule has 0 aliphatic carbocycles. The molecule has 3 amide bonds. The molecule has 0 saturated heterocycles. The van der Waals surface area contributed by atoms with Gasteiger partial charge in [-0.25, -0.2) is 4.79 Å². The van der Waals surface area contributed by atoms with Gasteiger partial charge in [0.05, 0.1) is 6.04 Å². The highest BCUT2D eigenvalue weighted by molar-refractivity contribution is 5.88. The number of rotatable bonds is 5. The third-order valence-electron chi connectivity index (χ3n) is 3.85. The van der Waals surface area contributed by atoms with Gasteiger partial charge in [0, 0.05) is 12.7 Å². The molecule has 1 unspecified atom stereocenters. The first-order valence-corrected chi connectivity index (χ1v) is 7.96. The van der Waals surface area contributed by atoms with Gasteiger partial charge in [-0.05, 0) is 31.5 Å². The fourth-order valence-corrected chi connectivity index (χ4v) is 2.40. The molecular weight excluding hydrogens is 320 g/mol. The minimum Gasteiger partial charge on any atom is -0.348 e. The van der Waals surface area contributed by atoms with Crippen molar-refractivity contribution in [3.05, 3.63) is 64.1 Å². The molecule has 0 aliphatic heterocycles. The molecule has 0 aliphatic rings. The number of urea groups is 1. The van der Waals surface area contributed by atoms with E-state index in [-0.39, 0.29) is 24.2 Å². The molecule has 25 heavy (non-hydrogen) atoms. The third-order valence-corrected chi connectivity index (χ3v) is 3.85. The molecule has 2 rings (SSSR count). The van der Waals surface area contributed by atoms with Crippen molar-refractivity contribution in [2.24, 2.45) is 0 Å². The second-order valence-corrected chi connectivity index (χ2v) is 5.68. The molecule has 7 nitrogen and oxygen atoms in total. The minimum absolute atomic E-state index is 0.119. The van der Waals surface area contributed by atoms with Crippen molar-refractivity contribution in [2.45, 2.75) is 26.4 Å². The van der Waals surface area contributed by atoms with E-state index in [1.807, 2.05) is 37.3 Å². The van der Waals surface area contributed by atoms with Crippen LogP contribution in [-0.4, -0.2) is 23.6 Å². The zero-order chi connectivity index (χ0) is 18.4. The van der Waals surface area contributed by atoms with E-state index < -0.39 is 11.6 Å². The molecule has 3 N–H and O–H groups in total. The zero-order valence-electron chi connectivity index (χ0n) is 14.5. The largest absolute Gasteiger partial charge is 0.348 e. The van der Waals surface area contributed by atoms with E-state index in [9.17, 15) is 14.4 Å². The van der Waals surface area contributed by atoms with Gasteiger partial charge in [0.1, 0.15) is 12.2 Å². The van der Waals surface area contributed by atoms with Crippen LogP contribution in [0.25, 0.3) is 0 Å².